The minimum atomic E-state index is -0.988. The standard InChI is InChI=1S/C26H26F3N5O2/c1-13-9-14(30)12-34(11-13)25-15-5-8-21(35)23(15)31-10-20(25)33-26(36)19-7-6-18(29)24(32-19)22-16(27)3-2-4-17(22)28/h2-4,6-7,10,13-14,21,35H,5,8-9,11-12,30H2,1H3,(H,33,36). The third-order valence-corrected chi connectivity index (χ3v) is 6.70. The van der Waals surface area contributed by atoms with Gasteiger partial charge in [-0.25, -0.2) is 18.2 Å². The molecule has 1 aromatic carbocycles. The van der Waals surface area contributed by atoms with Crippen LogP contribution in [-0.2, 0) is 6.42 Å². The van der Waals surface area contributed by atoms with Gasteiger partial charge in [0, 0.05) is 24.7 Å². The zero-order valence-electron chi connectivity index (χ0n) is 19.6. The van der Waals surface area contributed by atoms with Crippen molar-refractivity contribution < 1.29 is 23.1 Å². The van der Waals surface area contributed by atoms with Crippen molar-refractivity contribution in [1.82, 2.24) is 9.97 Å². The zero-order chi connectivity index (χ0) is 25.6. The summed E-state index contributed by atoms with van der Waals surface area (Å²) in [5.74, 6) is -3.30. The lowest BCUT2D eigenvalue weighted by atomic mass is 9.95. The average molecular weight is 498 g/mol. The number of carbonyl (C=O) groups excluding carboxylic acids is 1. The number of nitrogens with zero attached hydrogens (tertiary/aromatic N) is 3. The molecule has 4 N–H and O–H groups in total. The van der Waals surface area contributed by atoms with Crippen molar-refractivity contribution in [2.45, 2.75) is 38.3 Å². The Morgan fingerprint density at radius 1 is 1.14 bits per heavy atom. The molecule has 3 aromatic rings. The fourth-order valence-corrected chi connectivity index (χ4v) is 5.20. The van der Waals surface area contributed by atoms with Crippen LogP contribution in [0.15, 0.2) is 36.5 Å². The molecule has 0 saturated carbocycles. The minimum absolute atomic E-state index is 0.0515. The highest BCUT2D eigenvalue weighted by molar-refractivity contribution is 6.05. The third kappa shape index (κ3) is 4.42. The number of hydrogen-bond acceptors (Lipinski definition) is 6. The molecular weight excluding hydrogens is 471 g/mol. The van der Waals surface area contributed by atoms with Crippen LogP contribution in [0.3, 0.4) is 0 Å². The minimum Gasteiger partial charge on any atom is -0.387 e. The summed E-state index contributed by atoms with van der Waals surface area (Å²) in [7, 11) is 0. The highest BCUT2D eigenvalue weighted by Crippen LogP contribution is 2.41. The largest absolute Gasteiger partial charge is 0.387 e. The number of pyridine rings is 2. The maximum absolute atomic E-state index is 14.5. The molecule has 1 amide bonds. The van der Waals surface area contributed by atoms with Gasteiger partial charge >= 0.3 is 0 Å². The van der Waals surface area contributed by atoms with Gasteiger partial charge in [0.05, 0.1) is 34.9 Å². The lowest BCUT2D eigenvalue weighted by molar-refractivity contribution is 0.102. The Kier molecular flexibility index (Phi) is 6.40. The van der Waals surface area contributed by atoms with Crippen LogP contribution in [0, 0.1) is 23.4 Å². The van der Waals surface area contributed by atoms with E-state index in [1.165, 1.54) is 6.20 Å². The average Bonchev–Trinajstić information content (AvgIpc) is 3.19. The van der Waals surface area contributed by atoms with Gasteiger partial charge in [-0.05, 0) is 49.4 Å². The maximum atomic E-state index is 14.5. The normalized spacial score (nSPS) is 21.4. The fraction of sp³-hybridized carbons (Fsp3) is 0.346. The SMILES string of the molecule is CC1CC(N)CN(c2c(NC(=O)c3ccc(F)c(-c4c(F)cccc4F)n3)cnc3c2CCC3O)C1. The second-order valence-corrected chi connectivity index (χ2v) is 9.52. The molecule has 5 rings (SSSR count). The first-order chi connectivity index (χ1) is 17.2. The van der Waals surface area contributed by atoms with Gasteiger partial charge in [-0.2, -0.15) is 0 Å². The summed E-state index contributed by atoms with van der Waals surface area (Å²) in [5.41, 5.74) is 7.39. The number of aliphatic hydroxyl groups excluding tert-OH is 1. The number of piperidine rings is 1. The first-order valence-electron chi connectivity index (χ1n) is 11.9. The third-order valence-electron chi connectivity index (χ3n) is 6.70. The maximum Gasteiger partial charge on any atom is 0.274 e. The van der Waals surface area contributed by atoms with E-state index in [4.69, 9.17) is 5.73 Å². The van der Waals surface area contributed by atoms with E-state index in [-0.39, 0.29) is 11.7 Å². The van der Waals surface area contributed by atoms with Gasteiger partial charge in [-0.3, -0.25) is 9.78 Å². The van der Waals surface area contributed by atoms with Gasteiger partial charge in [0.15, 0.2) is 0 Å². The zero-order valence-corrected chi connectivity index (χ0v) is 19.6. The summed E-state index contributed by atoms with van der Waals surface area (Å²) in [5, 5.41) is 13.2. The van der Waals surface area contributed by atoms with Gasteiger partial charge in [-0.1, -0.05) is 13.0 Å². The van der Waals surface area contributed by atoms with E-state index in [0.29, 0.717) is 43.2 Å². The molecule has 3 atom stereocenters. The highest BCUT2D eigenvalue weighted by atomic mass is 19.1. The Hall–Kier alpha value is -3.50. The fourth-order valence-electron chi connectivity index (χ4n) is 5.20. The number of carbonyl (C=O) groups is 1. The Morgan fingerprint density at radius 2 is 1.89 bits per heavy atom. The summed E-state index contributed by atoms with van der Waals surface area (Å²) >= 11 is 0. The van der Waals surface area contributed by atoms with Crippen molar-refractivity contribution in [2.75, 3.05) is 23.3 Å². The summed E-state index contributed by atoms with van der Waals surface area (Å²) in [6.45, 7) is 3.40. The molecule has 1 aliphatic carbocycles. The van der Waals surface area contributed by atoms with E-state index in [1.54, 1.807) is 0 Å². The van der Waals surface area contributed by atoms with Gasteiger partial charge < -0.3 is 21.1 Å². The number of aliphatic hydroxyl groups is 1. The number of fused-ring (bicyclic) bond motifs is 1. The van der Waals surface area contributed by atoms with E-state index in [0.717, 1.165) is 48.0 Å². The number of aromatic nitrogens is 2. The highest BCUT2D eigenvalue weighted by Gasteiger charge is 2.32. The summed E-state index contributed by atoms with van der Waals surface area (Å²) in [6, 6.07) is 5.20. The van der Waals surface area contributed by atoms with Gasteiger partial charge in [-0.15, -0.1) is 0 Å². The van der Waals surface area contributed by atoms with Crippen molar-refractivity contribution in [3.63, 3.8) is 0 Å². The van der Waals surface area contributed by atoms with Crippen LogP contribution < -0.4 is 16.0 Å². The molecule has 188 valence electrons. The van der Waals surface area contributed by atoms with Crippen LogP contribution in [0.4, 0.5) is 24.5 Å². The number of amides is 1. The van der Waals surface area contributed by atoms with Gasteiger partial charge in [0.2, 0.25) is 0 Å². The molecule has 1 saturated heterocycles. The molecule has 1 aliphatic heterocycles. The Balaban J connectivity index is 1.52. The number of anilines is 2. The first-order valence-corrected chi connectivity index (χ1v) is 11.9. The molecule has 3 unspecified atom stereocenters. The molecule has 0 radical (unpaired) electrons. The molecule has 10 heteroatoms. The van der Waals surface area contributed by atoms with Crippen LogP contribution in [0.1, 0.15) is 47.6 Å². The lowest BCUT2D eigenvalue weighted by Crippen LogP contribution is -2.47. The van der Waals surface area contributed by atoms with Crippen LogP contribution in [0.25, 0.3) is 11.3 Å². The quantitative estimate of drug-likeness (QED) is 0.504. The number of nitrogens with two attached hydrogens (primary N) is 1. The van der Waals surface area contributed by atoms with E-state index in [1.807, 2.05) is 0 Å². The predicted octanol–water partition coefficient (Wildman–Crippen LogP) is 3.97. The summed E-state index contributed by atoms with van der Waals surface area (Å²) in [4.78, 5) is 23.6. The molecule has 2 aromatic heterocycles. The monoisotopic (exact) mass is 497 g/mol. The first kappa shape index (κ1) is 24.2. The lowest BCUT2D eigenvalue weighted by Gasteiger charge is -2.38. The van der Waals surface area contributed by atoms with Crippen molar-refractivity contribution in [2.24, 2.45) is 11.7 Å². The number of halogens is 3. The molecule has 1 fully saturated rings. The van der Waals surface area contributed by atoms with Crippen LogP contribution >= 0.6 is 0 Å². The van der Waals surface area contributed by atoms with E-state index in [2.05, 4.69) is 27.1 Å². The Bertz CT molecular complexity index is 1300. The molecular formula is C26H26F3N5O2. The van der Waals surface area contributed by atoms with Crippen LogP contribution in [-0.4, -0.2) is 40.1 Å². The molecule has 0 spiro atoms. The van der Waals surface area contributed by atoms with Gasteiger partial charge in [0.25, 0.3) is 5.91 Å². The topological polar surface area (TPSA) is 104 Å². The number of nitrogens with one attached hydrogen (secondary N) is 1. The van der Waals surface area contributed by atoms with E-state index in [9.17, 15) is 23.1 Å². The Labute approximate surface area is 206 Å². The van der Waals surface area contributed by atoms with Gasteiger partial charge in [0.1, 0.15) is 28.8 Å². The molecule has 3 heterocycles. The second kappa shape index (κ2) is 9.51. The molecule has 36 heavy (non-hydrogen) atoms. The van der Waals surface area contributed by atoms with Crippen LogP contribution in [0.5, 0.6) is 0 Å². The molecule has 0 bridgehead atoms. The van der Waals surface area contributed by atoms with E-state index >= 15 is 0 Å². The van der Waals surface area contributed by atoms with Crippen molar-refractivity contribution in [3.05, 3.63) is 70.9 Å². The summed E-state index contributed by atoms with van der Waals surface area (Å²) < 4.78 is 43.1. The van der Waals surface area contributed by atoms with Crippen molar-refractivity contribution >= 4 is 17.3 Å². The predicted molar refractivity (Wildman–Crippen MR) is 129 cm³/mol. The molecule has 2 aliphatic rings. The summed E-state index contributed by atoms with van der Waals surface area (Å²) in [6.07, 6.45) is 2.79. The van der Waals surface area contributed by atoms with Crippen molar-refractivity contribution in [1.29, 1.82) is 0 Å². The number of benzene rings is 1. The smallest absolute Gasteiger partial charge is 0.274 e. The molecule has 7 nitrogen and oxygen atoms in total. The van der Waals surface area contributed by atoms with Crippen LogP contribution in [0.2, 0.25) is 0 Å². The second-order valence-electron chi connectivity index (χ2n) is 9.52. The van der Waals surface area contributed by atoms with Crippen molar-refractivity contribution in [3.8, 4) is 11.3 Å². The number of hydrogen-bond donors (Lipinski definition) is 3. The number of rotatable bonds is 4. The van der Waals surface area contributed by atoms with E-state index < -0.39 is 40.7 Å². The Morgan fingerprint density at radius 3 is 2.61 bits per heavy atom.